The van der Waals surface area contributed by atoms with Crippen LogP contribution in [0, 0.1) is 0 Å². The molecule has 0 aliphatic carbocycles. The number of anilines is 2. The van der Waals surface area contributed by atoms with Crippen LogP contribution in [0.25, 0.3) is 0 Å². The second-order valence-corrected chi connectivity index (χ2v) is 8.94. The first-order valence-electron chi connectivity index (χ1n) is 10.0. The number of oxime groups is 1. The van der Waals surface area contributed by atoms with Gasteiger partial charge >= 0.3 is 0 Å². The molecule has 0 saturated carbocycles. The molecule has 0 bridgehead atoms. The molecule has 3 atom stereocenters. The van der Waals surface area contributed by atoms with Crippen LogP contribution in [-0.2, 0) is 14.5 Å². The van der Waals surface area contributed by atoms with Crippen molar-refractivity contribution in [3.8, 4) is 5.75 Å². The SMILES string of the molecule is COc1ccc(C2ON=C3C2SC2(C(=O)Nc4ccccc42)N3c2ccccc2)cc1. The normalized spacial score (nSPS) is 25.6. The van der Waals surface area contributed by atoms with Gasteiger partial charge in [0.25, 0.3) is 5.91 Å². The first-order chi connectivity index (χ1) is 15.2. The molecule has 0 aromatic heterocycles. The van der Waals surface area contributed by atoms with Crippen molar-refractivity contribution in [3.63, 3.8) is 0 Å². The Morgan fingerprint density at radius 1 is 1.03 bits per heavy atom. The number of hydrogen-bond donors (Lipinski definition) is 1. The molecule has 31 heavy (non-hydrogen) atoms. The van der Waals surface area contributed by atoms with E-state index in [1.54, 1.807) is 18.9 Å². The maximum atomic E-state index is 13.5. The summed E-state index contributed by atoms with van der Waals surface area (Å²) in [6.07, 6.45) is -0.294. The quantitative estimate of drug-likeness (QED) is 0.664. The van der Waals surface area contributed by atoms with Crippen molar-refractivity contribution in [2.75, 3.05) is 17.3 Å². The van der Waals surface area contributed by atoms with Gasteiger partial charge in [-0.1, -0.05) is 53.7 Å². The van der Waals surface area contributed by atoms with E-state index in [1.807, 2.05) is 83.8 Å². The maximum Gasteiger partial charge on any atom is 0.266 e. The molecule has 154 valence electrons. The maximum absolute atomic E-state index is 13.5. The van der Waals surface area contributed by atoms with Crippen LogP contribution < -0.4 is 15.0 Å². The number of carbonyl (C=O) groups excluding carboxylic acids is 1. The molecule has 3 aliphatic rings. The molecule has 3 aromatic rings. The lowest BCUT2D eigenvalue weighted by atomic mass is 10.0. The summed E-state index contributed by atoms with van der Waals surface area (Å²) in [7, 11) is 1.65. The average Bonchev–Trinajstić information content (AvgIpc) is 3.45. The molecule has 0 radical (unpaired) electrons. The third-order valence-electron chi connectivity index (χ3n) is 5.94. The Labute approximate surface area is 183 Å². The van der Waals surface area contributed by atoms with Crippen molar-refractivity contribution in [3.05, 3.63) is 90.0 Å². The monoisotopic (exact) mass is 429 g/mol. The Balaban J connectivity index is 1.49. The van der Waals surface area contributed by atoms with Gasteiger partial charge < -0.3 is 14.9 Å². The van der Waals surface area contributed by atoms with Gasteiger partial charge in [0.1, 0.15) is 11.0 Å². The van der Waals surface area contributed by atoms with Gasteiger partial charge in [-0.25, -0.2) is 0 Å². The number of amides is 1. The zero-order chi connectivity index (χ0) is 21.0. The standard InChI is InChI=1S/C24H19N3O3S/c1-29-17-13-11-15(12-14-17)20-21-22(26-30-20)27(16-7-3-2-4-8-16)24(31-21)18-9-5-6-10-19(18)25-23(24)28/h2-14,20-21H,1H3,(H,25,28). The van der Waals surface area contributed by atoms with E-state index >= 15 is 0 Å². The fourth-order valence-electron chi connectivity index (χ4n) is 4.51. The summed E-state index contributed by atoms with van der Waals surface area (Å²) in [5, 5.41) is 7.43. The fourth-order valence-corrected chi connectivity index (χ4v) is 6.23. The van der Waals surface area contributed by atoms with Crippen molar-refractivity contribution in [2.45, 2.75) is 16.2 Å². The number of methoxy groups -OCH3 is 1. The van der Waals surface area contributed by atoms with Crippen molar-refractivity contribution in [1.29, 1.82) is 0 Å². The number of hydrogen-bond acceptors (Lipinski definition) is 6. The molecule has 6 rings (SSSR count). The molecule has 6 nitrogen and oxygen atoms in total. The molecule has 1 amide bonds. The third-order valence-corrected chi connectivity index (χ3v) is 7.58. The highest BCUT2D eigenvalue weighted by atomic mass is 32.2. The Morgan fingerprint density at radius 3 is 2.55 bits per heavy atom. The van der Waals surface area contributed by atoms with Crippen LogP contribution in [0.1, 0.15) is 17.2 Å². The average molecular weight is 430 g/mol. The minimum atomic E-state index is -0.935. The molecule has 1 spiro atoms. The summed E-state index contributed by atoms with van der Waals surface area (Å²) >= 11 is 1.58. The molecule has 7 heteroatoms. The minimum absolute atomic E-state index is 0.0619. The molecule has 1 saturated heterocycles. The highest BCUT2D eigenvalue weighted by Gasteiger charge is 2.64. The van der Waals surface area contributed by atoms with Crippen molar-refractivity contribution in [1.82, 2.24) is 0 Å². The smallest absolute Gasteiger partial charge is 0.266 e. The van der Waals surface area contributed by atoms with Crippen LogP contribution in [0.5, 0.6) is 5.75 Å². The molecule has 3 aliphatic heterocycles. The second-order valence-electron chi connectivity index (χ2n) is 7.60. The highest BCUT2D eigenvalue weighted by Crippen LogP contribution is 2.60. The van der Waals surface area contributed by atoms with Crippen molar-refractivity contribution >= 4 is 34.9 Å². The van der Waals surface area contributed by atoms with E-state index in [0.29, 0.717) is 0 Å². The summed E-state index contributed by atoms with van der Waals surface area (Å²) < 4.78 is 5.29. The van der Waals surface area contributed by atoms with Crippen LogP contribution >= 0.6 is 11.8 Å². The van der Waals surface area contributed by atoms with E-state index < -0.39 is 4.87 Å². The largest absolute Gasteiger partial charge is 0.497 e. The van der Waals surface area contributed by atoms with Gasteiger partial charge in [-0.2, -0.15) is 0 Å². The molecule has 1 fully saturated rings. The predicted octanol–water partition coefficient (Wildman–Crippen LogP) is 4.51. The first-order valence-corrected chi connectivity index (χ1v) is 10.9. The molecule has 3 unspecified atom stereocenters. The number of nitrogens with one attached hydrogen (secondary N) is 1. The lowest BCUT2D eigenvalue weighted by molar-refractivity contribution is -0.117. The summed E-state index contributed by atoms with van der Waals surface area (Å²) in [5.74, 6) is 1.48. The number of thioether (sulfide) groups is 1. The Morgan fingerprint density at radius 2 is 1.77 bits per heavy atom. The third kappa shape index (κ3) is 2.53. The number of benzene rings is 3. The van der Waals surface area contributed by atoms with Gasteiger partial charge in [0.2, 0.25) is 4.87 Å². The Hall–Kier alpha value is -3.45. The Kier molecular flexibility index (Phi) is 4.01. The predicted molar refractivity (Wildman–Crippen MR) is 121 cm³/mol. The summed E-state index contributed by atoms with van der Waals surface area (Å²) in [6.45, 7) is 0. The van der Waals surface area contributed by atoms with E-state index in [-0.39, 0.29) is 17.3 Å². The van der Waals surface area contributed by atoms with E-state index in [0.717, 1.165) is 34.1 Å². The molecular formula is C24H19N3O3S. The topological polar surface area (TPSA) is 63.2 Å². The Bertz CT molecular complexity index is 1200. The van der Waals surface area contributed by atoms with Crippen LogP contribution in [-0.4, -0.2) is 24.1 Å². The molecular weight excluding hydrogens is 410 g/mol. The van der Waals surface area contributed by atoms with E-state index in [1.165, 1.54) is 0 Å². The number of para-hydroxylation sites is 2. The zero-order valence-corrected chi connectivity index (χ0v) is 17.5. The van der Waals surface area contributed by atoms with Crippen LogP contribution in [0.4, 0.5) is 11.4 Å². The summed E-state index contributed by atoms with van der Waals surface area (Å²) in [4.78, 5) is 20.5. The van der Waals surface area contributed by atoms with Crippen LogP contribution in [0.2, 0.25) is 0 Å². The first kappa shape index (κ1) is 18.3. The summed E-state index contributed by atoms with van der Waals surface area (Å²) in [5.41, 5.74) is 3.68. The van der Waals surface area contributed by atoms with Gasteiger partial charge in [-0.05, 0) is 35.9 Å². The minimum Gasteiger partial charge on any atom is -0.497 e. The van der Waals surface area contributed by atoms with Gasteiger partial charge in [-0.3, -0.25) is 9.69 Å². The lowest BCUT2D eigenvalue weighted by Crippen LogP contribution is -2.47. The fraction of sp³-hybridized carbons (Fsp3) is 0.167. The number of fused-ring (bicyclic) bond motifs is 3. The molecule has 3 aromatic carbocycles. The number of nitrogens with zero attached hydrogens (tertiary/aromatic N) is 2. The molecule has 3 heterocycles. The number of rotatable bonds is 3. The zero-order valence-electron chi connectivity index (χ0n) is 16.7. The second kappa shape index (κ2) is 6.78. The van der Waals surface area contributed by atoms with Gasteiger partial charge in [0.15, 0.2) is 11.9 Å². The number of amidine groups is 1. The van der Waals surface area contributed by atoms with E-state index in [4.69, 9.17) is 9.57 Å². The van der Waals surface area contributed by atoms with E-state index in [9.17, 15) is 4.79 Å². The highest BCUT2D eigenvalue weighted by molar-refractivity contribution is 8.03. The van der Waals surface area contributed by atoms with Gasteiger partial charge in [0, 0.05) is 16.9 Å². The van der Waals surface area contributed by atoms with Crippen LogP contribution in [0.3, 0.4) is 0 Å². The van der Waals surface area contributed by atoms with E-state index in [2.05, 4.69) is 10.5 Å². The van der Waals surface area contributed by atoms with Gasteiger partial charge in [-0.15, -0.1) is 11.8 Å². The van der Waals surface area contributed by atoms with Crippen molar-refractivity contribution < 1.29 is 14.4 Å². The molecule has 1 N–H and O–H groups in total. The summed E-state index contributed by atoms with van der Waals surface area (Å²) in [6, 6.07) is 25.6. The van der Waals surface area contributed by atoms with Crippen molar-refractivity contribution in [2.24, 2.45) is 5.16 Å². The van der Waals surface area contributed by atoms with Gasteiger partial charge in [0.05, 0.1) is 7.11 Å². The number of ether oxygens (including phenoxy) is 1. The number of carbonyl (C=O) groups is 1. The van der Waals surface area contributed by atoms with Crippen LogP contribution in [0.15, 0.2) is 84.0 Å². The lowest BCUT2D eigenvalue weighted by Gasteiger charge is -2.33.